The minimum atomic E-state index is -1.97. The molecule has 0 aromatic carbocycles. The summed E-state index contributed by atoms with van der Waals surface area (Å²) in [4.78, 5) is 0.444. The van der Waals surface area contributed by atoms with E-state index in [0.29, 0.717) is 11.4 Å². The SMILES string of the molecule is O=S(=O)=C1CCN1. The van der Waals surface area contributed by atoms with Crippen LogP contribution >= 0.6 is 0 Å². The summed E-state index contributed by atoms with van der Waals surface area (Å²) < 4.78 is 19.8. The van der Waals surface area contributed by atoms with Gasteiger partial charge in [0, 0.05) is 13.0 Å². The summed E-state index contributed by atoms with van der Waals surface area (Å²) in [7, 11) is -1.97. The van der Waals surface area contributed by atoms with Gasteiger partial charge in [-0.25, -0.2) is 0 Å². The first-order valence-corrected chi connectivity index (χ1v) is 3.07. The predicted octanol–water partition coefficient (Wildman–Crippen LogP) is -1.01. The van der Waals surface area contributed by atoms with Crippen LogP contribution in [0.15, 0.2) is 0 Å². The van der Waals surface area contributed by atoms with Gasteiger partial charge in [0.2, 0.25) is 10.3 Å². The van der Waals surface area contributed by atoms with E-state index in [4.69, 9.17) is 0 Å². The fourth-order valence-electron chi connectivity index (χ4n) is 0.369. The van der Waals surface area contributed by atoms with E-state index in [1.807, 2.05) is 0 Å². The number of nitrogens with one attached hydrogen (secondary N) is 1. The molecule has 0 radical (unpaired) electrons. The Morgan fingerprint density at radius 2 is 2.14 bits per heavy atom. The Bertz CT molecular complexity index is 177. The van der Waals surface area contributed by atoms with Crippen molar-refractivity contribution in [3.05, 3.63) is 0 Å². The van der Waals surface area contributed by atoms with Crippen molar-refractivity contribution in [2.45, 2.75) is 6.42 Å². The molecule has 1 aliphatic rings. The fraction of sp³-hybridized carbons (Fsp3) is 0.667. The molecular weight excluding hydrogens is 114 g/mol. The van der Waals surface area contributed by atoms with E-state index in [0.717, 1.165) is 6.54 Å². The van der Waals surface area contributed by atoms with Crippen LogP contribution in [0.1, 0.15) is 6.42 Å². The lowest BCUT2D eigenvalue weighted by Gasteiger charge is -2.11. The lowest BCUT2D eigenvalue weighted by atomic mass is 10.3. The monoisotopic (exact) mass is 119 g/mol. The normalized spacial score (nSPS) is 18.6. The Morgan fingerprint density at radius 1 is 1.57 bits per heavy atom. The zero-order valence-electron chi connectivity index (χ0n) is 3.64. The molecule has 0 aromatic rings. The zero-order valence-corrected chi connectivity index (χ0v) is 4.46. The molecule has 0 aromatic heterocycles. The largest absolute Gasteiger partial charge is 0.279 e. The van der Waals surface area contributed by atoms with Crippen LogP contribution in [-0.4, -0.2) is 20.0 Å². The van der Waals surface area contributed by atoms with E-state index in [2.05, 4.69) is 5.32 Å². The first-order valence-electron chi connectivity index (χ1n) is 1.99. The summed E-state index contributed by atoms with van der Waals surface area (Å²) in [6.45, 7) is 0.809. The standard InChI is InChI=1S/C3H5NO2S/c5-7(6)3-1-2-4-3/h4H,1-2H2. The minimum absolute atomic E-state index is 0.444. The van der Waals surface area contributed by atoms with Gasteiger partial charge in [-0.15, -0.1) is 0 Å². The van der Waals surface area contributed by atoms with Crippen molar-refractivity contribution >= 4 is 15.3 Å². The summed E-state index contributed by atoms with van der Waals surface area (Å²) in [5, 5.41) is 2.65. The Balaban J connectivity index is 2.91. The highest BCUT2D eigenvalue weighted by Gasteiger charge is 2.08. The molecule has 40 valence electrons. The van der Waals surface area contributed by atoms with Crippen LogP contribution in [-0.2, 0) is 10.3 Å². The molecule has 7 heavy (non-hydrogen) atoms. The minimum Gasteiger partial charge on any atom is -0.279 e. The van der Waals surface area contributed by atoms with Gasteiger partial charge in [0.1, 0.15) is 4.99 Å². The Morgan fingerprint density at radius 3 is 2.14 bits per heavy atom. The number of hydrogen-bond donors (Lipinski definition) is 1. The van der Waals surface area contributed by atoms with Gasteiger partial charge in [0.05, 0.1) is 0 Å². The van der Waals surface area contributed by atoms with Gasteiger partial charge < -0.3 is 0 Å². The summed E-state index contributed by atoms with van der Waals surface area (Å²) in [6, 6.07) is 0. The molecule has 0 bridgehead atoms. The van der Waals surface area contributed by atoms with Crippen LogP contribution in [0.25, 0.3) is 0 Å². The Hall–Kier alpha value is -0.350. The van der Waals surface area contributed by atoms with Gasteiger partial charge in [-0.1, -0.05) is 0 Å². The maximum atomic E-state index is 9.88. The maximum Gasteiger partial charge on any atom is 0.228 e. The van der Waals surface area contributed by atoms with Crippen LogP contribution < -0.4 is 5.32 Å². The third-order valence-corrected chi connectivity index (χ3v) is 1.63. The Labute approximate surface area is 42.9 Å². The molecule has 3 nitrogen and oxygen atoms in total. The molecule has 0 aliphatic carbocycles. The van der Waals surface area contributed by atoms with Gasteiger partial charge >= 0.3 is 0 Å². The molecule has 0 atom stereocenters. The van der Waals surface area contributed by atoms with Crippen LogP contribution in [0.4, 0.5) is 0 Å². The van der Waals surface area contributed by atoms with Crippen LogP contribution in [0.5, 0.6) is 0 Å². The molecule has 0 spiro atoms. The Kier molecular flexibility index (Phi) is 1.12. The molecule has 0 amide bonds. The third kappa shape index (κ3) is 0.808. The van der Waals surface area contributed by atoms with Crippen molar-refractivity contribution in [3.8, 4) is 0 Å². The quantitative estimate of drug-likeness (QED) is 0.415. The number of rotatable bonds is 0. The highest BCUT2D eigenvalue weighted by atomic mass is 32.2. The lowest BCUT2D eigenvalue weighted by molar-refractivity contribution is 0.623. The van der Waals surface area contributed by atoms with Crippen molar-refractivity contribution in [1.29, 1.82) is 0 Å². The van der Waals surface area contributed by atoms with Gasteiger partial charge in [0.15, 0.2) is 0 Å². The molecule has 0 saturated carbocycles. The first kappa shape index (κ1) is 4.80. The van der Waals surface area contributed by atoms with Crippen molar-refractivity contribution in [2.24, 2.45) is 0 Å². The van der Waals surface area contributed by atoms with E-state index in [1.165, 1.54) is 0 Å². The van der Waals surface area contributed by atoms with Gasteiger partial charge in [-0.2, -0.15) is 8.42 Å². The summed E-state index contributed by atoms with van der Waals surface area (Å²) >= 11 is 0. The fourth-order valence-corrected chi connectivity index (χ4v) is 0.858. The van der Waals surface area contributed by atoms with Gasteiger partial charge in [0.25, 0.3) is 0 Å². The van der Waals surface area contributed by atoms with Crippen molar-refractivity contribution in [1.82, 2.24) is 5.32 Å². The first-order chi connectivity index (χ1) is 3.30. The van der Waals surface area contributed by atoms with E-state index in [1.54, 1.807) is 0 Å². The van der Waals surface area contributed by atoms with E-state index in [9.17, 15) is 8.42 Å². The van der Waals surface area contributed by atoms with Crippen molar-refractivity contribution in [2.75, 3.05) is 6.54 Å². The number of hydrogen-bond acceptors (Lipinski definition) is 2. The van der Waals surface area contributed by atoms with E-state index >= 15 is 0 Å². The van der Waals surface area contributed by atoms with E-state index < -0.39 is 10.3 Å². The summed E-state index contributed by atoms with van der Waals surface area (Å²) in [5.74, 6) is 0. The molecule has 1 heterocycles. The second-order valence-corrected chi connectivity index (χ2v) is 2.30. The molecule has 1 saturated heterocycles. The van der Waals surface area contributed by atoms with Gasteiger partial charge in [-0.3, -0.25) is 5.32 Å². The zero-order chi connectivity index (χ0) is 5.28. The summed E-state index contributed by atoms with van der Waals surface area (Å²) in [6.07, 6.45) is 0.691. The molecule has 0 unspecified atom stereocenters. The summed E-state index contributed by atoms with van der Waals surface area (Å²) in [5.41, 5.74) is 0. The second-order valence-electron chi connectivity index (χ2n) is 1.33. The lowest BCUT2D eigenvalue weighted by Crippen LogP contribution is -2.38. The predicted molar refractivity (Wildman–Crippen MR) is 26.5 cm³/mol. The average Bonchev–Trinajstić information content (AvgIpc) is 1.23. The highest BCUT2D eigenvalue weighted by molar-refractivity contribution is 7.73. The van der Waals surface area contributed by atoms with Crippen molar-refractivity contribution < 1.29 is 8.42 Å². The molecule has 1 aliphatic heterocycles. The maximum absolute atomic E-state index is 9.88. The average molecular weight is 119 g/mol. The second kappa shape index (κ2) is 1.63. The molecular formula is C3H5NO2S. The molecule has 4 heteroatoms. The van der Waals surface area contributed by atoms with Crippen LogP contribution in [0.2, 0.25) is 0 Å². The molecule has 1 N–H and O–H groups in total. The smallest absolute Gasteiger partial charge is 0.228 e. The van der Waals surface area contributed by atoms with Crippen LogP contribution in [0.3, 0.4) is 0 Å². The molecule has 1 fully saturated rings. The van der Waals surface area contributed by atoms with Crippen molar-refractivity contribution in [3.63, 3.8) is 0 Å². The van der Waals surface area contributed by atoms with E-state index in [-0.39, 0.29) is 0 Å². The molecule has 1 rings (SSSR count). The third-order valence-electron chi connectivity index (χ3n) is 0.875. The topological polar surface area (TPSA) is 46.2 Å². The van der Waals surface area contributed by atoms with Crippen LogP contribution in [0, 0.1) is 0 Å². The highest BCUT2D eigenvalue weighted by Crippen LogP contribution is 1.88. The van der Waals surface area contributed by atoms with Gasteiger partial charge in [-0.05, 0) is 0 Å².